The average molecular weight is 290 g/mol. The number of carbonyl (C=O) groups excluding carboxylic acids is 1. The number of rotatable bonds is 5. The highest BCUT2D eigenvalue weighted by Crippen LogP contribution is 2.38. The van der Waals surface area contributed by atoms with E-state index in [0.717, 1.165) is 30.6 Å². The van der Waals surface area contributed by atoms with Crippen molar-refractivity contribution in [2.45, 2.75) is 45.1 Å². The van der Waals surface area contributed by atoms with Crippen LogP contribution in [0.5, 0.6) is 0 Å². The number of carboxylic acids is 1. The third-order valence-corrected chi connectivity index (χ3v) is 4.34. The van der Waals surface area contributed by atoms with Crippen LogP contribution in [0.3, 0.4) is 0 Å². The summed E-state index contributed by atoms with van der Waals surface area (Å²) >= 11 is 0. The van der Waals surface area contributed by atoms with E-state index in [2.05, 4.69) is 0 Å². The summed E-state index contributed by atoms with van der Waals surface area (Å²) in [4.78, 5) is 25.1. The predicted molar refractivity (Wildman–Crippen MR) is 81.6 cm³/mol. The van der Waals surface area contributed by atoms with Crippen LogP contribution >= 0.6 is 0 Å². The summed E-state index contributed by atoms with van der Waals surface area (Å²) in [6.45, 7) is 4.55. The fraction of sp³-hybridized carbons (Fsp3) is 0.500. The minimum Gasteiger partial charge on any atom is -0.479 e. The van der Waals surface area contributed by atoms with E-state index in [4.69, 9.17) is 5.73 Å². The Labute approximate surface area is 124 Å². The number of aliphatic carboxylic acids is 1. The molecule has 5 nitrogen and oxygen atoms in total. The summed E-state index contributed by atoms with van der Waals surface area (Å²) < 4.78 is 0. The van der Waals surface area contributed by atoms with Crippen LogP contribution < -0.4 is 10.6 Å². The molecule has 3 N–H and O–H groups in total. The van der Waals surface area contributed by atoms with Gasteiger partial charge in [0.15, 0.2) is 0 Å². The van der Waals surface area contributed by atoms with Gasteiger partial charge >= 0.3 is 5.97 Å². The summed E-state index contributed by atoms with van der Waals surface area (Å²) in [7, 11) is 0. The van der Waals surface area contributed by atoms with Crippen molar-refractivity contribution in [3.8, 4) is 0 Å². The van der Waals surface area contributed by atoms with Gasteiger partial charge < -0.3 is 15.7 Å². The lowest BCUT2D eigenvalue weighted by molar-refractivity contribution is -0.143. The van der Waals surface area contributed by atoms with Crippen LogP contribution in [0, 0.1) is 6.92 Å². The Morgan fingerprint density at radius 1 is 1.43 bits per heavy atom. The molecule has 1 atom stereocenters. The molecule has 21 heavy (non-hydrogen) atoms. The van der Waals surface area contributed by atoms with E-state index in [1.54, 1.807) is 12.1 Å². The summed E-state index contributed by atoms with van der Waals surface area (Å²) in [6.07, 6.45) is 2.97. The fourth-order valence-electron chi connectivity index (χ4n) is 3.35. The van der Waals surface area contributed by atoms with Crippen molar-refractivity contribution in [2.24, 2.45) is 5.73 Å². The maximum Gasteiger partial charge on any atom is 0.329 e. The molecule has 0 aromatic heterocycles. The second kappa shape index (κ2) is 5.76. The first-order valence-electron chi connectivity index (χ1n) is 7.34. The smallest absolute Gasteiger partial charge is 0.329 e. The summed E-state index contributed by atoms with van der Waals surface area (Å²) in [5, 5.41) is 9.72. The number of carbonyl (C=O) groups is 2. The number of benzene rings is 1. The molecule has 1 unspecified atom stereocenters. The zero-order valence-corrected chi connectivity index (χ0v) is 12.6. The van der Waals surface area contributed by atoms with Crippen LogP contribution in [0.25, 0.3) is 0 Å². The molecular formula is C16H22N2O3. The summed E-state index contributed by atoms with van der Waals surface area (Å²) in [5.41, 5.74) is 6.61. The molecule has 1 amide bonds. The highest BCUT2D eigenvalue weighted by molar-refractivity contribution is 5.95. The lowest BCUT2D eigenvalue weighted by Crippen LogP contribution is -2.50. The number of hydrogen-bond acceptors (Lipinski definition) is 3. The minimum absolute atomic E-state index is 0.460. The minimum atomic E-state index is -0.824. The van der Waals surface area contributed by atoms with Crippen molar-refractivity contribution < 1.29 is 14.7 Å². The van der Waals surface area contributed by atoms with E-state index in [9.17, 15) is 14.7 Å². The van der Waals surface area contributed by atoms with E-state index < -0.39 is 17.4 Å². The third-order valence-electron chi connectivity index (χ3n) is 4.34. The van der Waals surface area contributed by atoms with E-state index in [-0.39, 0.29) is 0 Å². The van der Waals surface area contributed by atoms with Gasteiger partial charge in [0.25, 0.3) is 0 Å². The predicted octanol–water partition coefficient (Wildman–Crippen LogP) is 2.32. The number of carboxylic acid groups (broad SMARTS) is 1. The molecule has 0 saturated carbocycles. The monoisotopic (exact) mass is 290 g/mol. The molecule has 1 aliphatic rings. The molecule has 1 aromatic rings. The van der Waals surface area contributed by atoms with E-state index in [1.165, 1.54) is 0 Å². The topological polar surface area (TPSA) is 83.6 Å². The van der Waals surface area contributed by atoms with Crippen molar-refractivity contribution >= 4 is 17.6 Å². The number of primary amides is 1. The second-order valence-electron chi connectivity index (χ2n) is 5.71. The number of anilines is 1. The number of amides is 1. The van der Waals surface area contributed by atoms with Gasteiger partial charge in [0, 0.05) is 17.8 Å². The number of aryl methyl sites for hydroxylation is 1. The normalized spacial score (nSPS) is 21.5. The molecule has 5 heteroatoms. The van der Waals surface area contributed by atoms with Gasteiger partial charge in [-0.05, 0) is 49.9 Å². The average Bonchev–Trinajstić information content (AvgIpc) is 2.83. The van der Waals surface area contributed by atoms with Crippen LogP contribution in [0.15, 0.2) is 18.2 Å². The Balaban J connectivity index is 2.42. The molecular weight excluding hydrogens is 268 g/mol. The maximum absolute atomic E-state index is 11.8. The molecule has 1 saturated heterocycles. The molecule has 1 heterocycles. The first-order chi connectivity index (χ1) is 9.92. The number of hydrogen-bond donors (Lipinski definition) is 2. The standard InChI is InChI=1S/C16H22N2O3/c1-3-7-16(15(20)21)8-4-9-18(16)12-5-6-13(14(17)19)11(2)10-12/h5-6,10H,3-4,7-9H2,1-2H3,(H2,17,19)(H,20,21). The van der Waals surface area contributed by atoms with Gasteiger partial charge in [0.1, 0.15) is 5.54 Å². The lowest BCUT2D eigenvalue weighted by atomic mass is 9.90. The van der Waals surface area contributed by atoms with Crippen LogP contribution in [0.1, 0.15) is 48.5 Å². The van der Waals surface area contributed by atoms with E-state index >= 15 is 0 Å². The van der Waals surface area contributed by atoms with Crippen molar-refractivity contribution in [1.29, 1.82) is 0 Å². The summed E-state index contributed by atoms with van der Waals surface area (Å²) in [5.74, 6) is -1.22. The zero-order valence-electron chi connectivity index (χ0n) is 12.6. The Morgan fingerprint density at radius 2 is 2.14 bits per heavy atom. The molecule has 0 radical (unpaired) electrons. The largest absolute Gasteiger partial charge is 0.479 e. The molecule has 1 aromatic carbocycles. The van der Waals surface area contributed by atoms with Crippen LogP contribution in [0.2, 0.25) is 0 Å². The molecule has 0 bridgehead atoms. The summed E-state index contributed by atoms with van der Waals surface area (Å²) in [6, 6.07) is 5.34. The van der Waals surface area contributed by atoms with Gasteiger partial charge in [0.05, 0.1) is 0 Å². The quantitative estimate of drug-likeness (QED) is 0.871. The van der Waals surface area contributed by atoms with Gasteiger partial charge in [-0.3, -0.25) is 4.79 Å². The SMILES string of the molecule is CCCC1(C(=O)O)CCCN1c1ccc(C(N)=O)c(C)c1. The second-order valence-corrected chi connectivity index (χ2v) is 5.71. The molecule has 2 rings (SSSR count). The third kappa shape index (κ3) is 2.60. The van der Waals surface area contributed by atoms with Gasteiger partial charge in [-0.25, -0.2) is 4.79 Å². The molecule has 1 fully saturated rings. The number of nitrogens with zero attached hydrogens (tertiary/aromatic N) is 1. The Hall–Kier alpha value is -2.04. The van der Waals surface area contributed by atoms with Crippen LogP contribution in [-0.2, 0) is 4.79 Å². The lowest BCUT2D eigenvalue weighted by Gasteiger charge is -2.36. The highest BCUT2D eigenvalue weighted by atomic mass is 16.4. The molecule has 0 spiro atoms. The van der Waals surface area contributed by atoms with Crippen molar-refractivity contribution in [1.82, 2.24) is 0 Å². The van der Waals surface area contributed by atoms with Gasteiger partial charge in [-0.15, -0.1) is 0 Å². The van der Waals surface area contributed by atoms with Gasteiger partial charge in [-0.1, -0.05) is 13.3 Å². The first-order valence-corrected chi connectivity index (χ1v) is 7.34. The van der Waals surface area contributed by atoms with Crippen LogP contribution in [0.4, 0.5) is 5.69 Å². The van der Waals surface area contributed by atoms with Crippen molar-refractivity contribution in [2.75, 3.05) is 11.4 Å². The maximum atomic E-state index is 11.8. The van der Waals surface area contributed by atoms with E-state index in [1.807, 2.05) is 24.8 Å². The fourth-order valence-corrected chi connectivity index (χ4v) is 3.35. The van der Waals surface area contributed by atoms with E-state index in [0.29, 0.717) is 18.4 Å². The van der Waals surface area contributed by atoms with Crippen LogP contribution in [-0.4, -0.2) is 29.1 Å². The van der Waals surface area contributed by atoms with Gasteiger partial charge in [0.2, 0.25) is 5.91 Å². The molecule has 1 aliphatic heterocycles. The zero-order chi connectivity index (χ0) is 15.6. The Kier molecular flexibility index (Phi) is 4.21. The van der Waals surface area contributed by atoms with Gasteiger partial charge in [-0.2, -0.15) is 0 Å². The molecule has 114 valence electrons. The first kappa shape index (κ1) is 15.4. The Bertz CT molecular complexity index is 571. The van der Waals surface area contributed by atoms with Crippen molar-refractivity contribution in [3.63, 3.8) is 0 Å². The van der Waals surface area contributed by atoms with Crippen molar-refractivity contribution in [3.05, 3.63) is 29.3 Å². The molecule has 0 aliphatic carbocycles. The number of nitrogens with two attached hydrogens (primary N) is 1. The highest BCUT2D eigenvalue weighted by Gasteiger charge is 2.47. The Morgan fingerprint density at radius 3 is 2.67 bits per heavy atom.